The van der Waals surface area contributed by atoms with E-state index in [0.29, 0.717) is 22.6 Å². The Kier molecular flexibility index (Phi) is 7.89. The lowest BCUT2D eigenvalue weighted by atomic mass is 10.1. The van der Waals surface area contributed by atoms with Crippen molar-refractivity contribution in [3.63, 3.8) is 0 Å². The molecule has 1 unspecified atom stereocenters. The zero-order chi connectivity index (χ0) is 26.7. The number of nitrogens with one attached hydrogen (secondary N) is 3. The number of carbonyl (C=O) groups excluding carboxylic acids is 3. The second-order valence-electron chi connectivity index (χ2n) is 7.76. The fourth-order valence-corrected chi connectivity index (χ4v) is 4.27. The first kappa shape index (κ1) is 26.7. The maximum absolute atomic E-state index is 13.0. The standard InChI is InChI=1S/C25H19Cl3N4O4S/c1-36-19-13-7-4-10-16(19)20(33)30-23(25(26,27)28)31-24(37)29-17-11-5-6-12-18(17)32-21(34)14-8-2-3-9-15(14)22(32)35/h2-13,23H,1H3,(H,30,33)(H2,29,31,37). The third-order valence-electron chi connectivity index (χ3n) is 5.42. The zero-order valence-corrected chi connectivity index (χ0v) is 22.2. The molecule has 3 N–H and O–H groups in total. The van der Waals surface area contributed by atoms with Crippen LogP contribution < -0.4 is 25.6 Å². The second kappa shape index (κ2) is 10.9. The molecule has 3 aromatic carbocycles. The average molecular weight is 578 g/mol. The van der Waals surface area contributed by atoms with Crippen molar-refractivity contribution < 1.29 is 19.1 Å². The second-order valence-corrected chi connectivity index (χ2v) is 10.5. The number of imide groups is 1. The average Bonchev–Trinajstić information content (AvgIpc) is 3.13. The van der Waals surface area contributed by atoms with Crippen LogP contribution in [0.1, 0.15) is 31.1 Å². The molecule has 0 saturated heterocycles. The van der Waals surface area contributed by atoms with Gasteiger partial charge in [0, 0.05) is 0 Å². The van der Waals surface area contributed by atoms with Crippen LogP contribution in [0.15, 0.2) is 72.8 Å². The van der Waals surface area contributed by atoms with Gasteiger partial charge < -0.3 is 20.7 Å². The maximum Gasteiger partial charge on any atom is 0.266 e. The van der Waals surface area contributed by atoms with Gasteiger partial charge in [-0.3, -0.25) is 14.4 Å². The molecule has 4 rings (SSSR count). The molecule has 0 bridgehead atoms. The lowest BCUT2D eigenvalue weighted by Gasteiger charge is -2.28. The molecule has 12 heteroatoms. The van der Waals surface area contributed by atoms with Crippen LogP contribution in [0.25, 0.3) is 0 Å². The molecule has 0 fully saturated rings. The largest absolute Gasteiger partial charge is 0.496 e. The van der Waals surface area contributed by atoms with E-state index in [9.17, 15) is 14.4 Å². The summed E-state index contributed by atoms with van der Waals surface area (Å²) >= 11 is 23.7. The van der Waals surface area contributed by atoms with E-state index in [1.54, 1.807) is 72.8 Å². The number of rotatable bonds is 6. The molecule has 1 aliphatic rings. The summed E-state index contributed by atoms with van der Waals surface area (Å²) in [6.07, 6.45) is -1.26. The highest BCUT2D eigenvalue weighted by molar-refractivity contribution is 7.80. The number of hydrogen-bond donors (Lipinski definition) is 3. The van der Waals surface area contributed by atoms with E-state index in [0.717, 1.165) is 4.90 Å². The van der Waals surface area contributed by atoms with Gasteiger partial charge in [-0.15, -0.1) is 0 Å². The first-order valence-electron chi connectivity index (χ1n) is 10.8. The normalized spacial score (nSPS) is 13.6. The predicted octanol–water partition coefficient (Wildman–Crippen LogP) is 4.91. The zero-order valence-electron chi connectivity index (χ0n) is 19.1. The van der Waals surface area contributed by atoms with Crippen LogP contribution in [0.3, 0.4) is 0 Å². The smallest absolute Gasteiger partial charge is 0.266 e. The molecule has 8 nitrogen and oxygen atoms in total. The minimum Gasteiger partial charge on any atom is -0.496 e. The molecule has 3 amide bonds. The Bertz CT molecular complexity index is 1360. The van der Waals surface area contributed by atoms with E-state index in [1.807, 2.05) is 0 Å². The van der Waals surface area contributed by atoms with Crippen molar-refractivity contribution in [2.45, 2.75) is 9.96 Å². The third-order valence-corrected chi connectivity index (χ3v) is 6.29. The SMILES string of the molecule is COc1ccccc1C(=O)NC(NC(=S)Nc1ccccc1N1C(=O)c2ccccc2C1=O)C(Cl)(Cl)Cl. The van der Waals surface area contributed by atoms with Gasteiger partial charge in [0.2, 0.25) is 3.79 Å². The molecule has 37 heavy (non-hydrogen) atoms. The topological polar surface area (TPSA) is 99.8 Å². The molecule has 0 aromatic heterocycles. The molecule has 1 atom stereocenters. The van der Waals surface area contributed by atoms with Gasteiger partial charge >= 0.3 is 0 Å². The Balaban J connectivity index is 1.53. The Morgan fingerprint density at radius 3 is 2.08 bits per heavy atom. The number of carbonyl (C=O) groups is 3. The Morgan fingerprint density at radius 2 is 1.46 bits per heavy atom. The molecule has 0 radical (unpaired) electrons. The number of ether oxygens (including phenoxy) is 1. The number of methoxy groups -OCH3 is 1. The summed E-state index contributed by atoms with van der Waals surface area (Å²) in [4.78, 5) is 39.9. The van der Waals surface area contributed by atoms with E-state index >= 15 is 0 Å². The number of amides is 3. The van der Waals surface area contributed by atoms with Crippen molar-refractivity contribution in [3.8, 4) is 5.75 Å². The van der Waals surface area contributed by atoms with E-state index in [-0.39, 0.29) is 16.4 Å². The van der Waals surface area contributed by atoms with Gasteiger partial charge in [-0.05, 0) is 48.6 Å². The Morgan fingerprint density at radius 1 is 0.892 bits per heavy atom. The fourth-order valence-electron chi connectivity index (χ4n) is 3.71. The third kappa shape index (κ3) is 5.65. The summed E-state index contributed by atoms with van der Waals surface area (Å²) in [7, 11) is 1.43. The number of alkyl halides is 3. The van der Waals surface area contributed by atoms with Gasteiger partial charge in [0.15, 0.2) is 5.11 Å². The van der Waals surface area contributed by atoms with Crippen molar-refractivity contribution in [2.24, 2.45) is 0 Å². The highest BCUT2D eigenvalue weighted by Crippen LogP contribution is 2.34. The van der Waals surface area contributed by atoms with Crippen molar-refractivity contribution in [3.05, 3.63) is 89.5 Å². The number of thiocarbonyl (C=S) groups is 1. The van der Waals surface area contributed by atoms with Crippen LogP contribution in [-0.4, -0.2) is 39.9 Å². The lowest BCUT2D eigenvalue weighted by molar-refractivity contribution is 0.0916. The summed E-state index contributed by atoms with van der Waals surface area (Å²) in [6, 6.07) is 19.7. The van der Waals surface area contributed by atoms with Gasteiger partial charge in [0.05, 0.1) is 35.2 Å². The Labute approximate surface area is 232 Å². The van der Waals surface area contributed by atoms with Crippen molar-refractivity contribution in [2.75, 3.05) is 17.3 Å². The summed E-state index contributed by atoms with van der Waals surface area (Å²) in [6.45, 7) is 0. The van der Waals surface area contributed by atoms with E-state index in [1.165, 1.54) is 7.11 Å². The quantitative estimate of drug-likeness (QED) is 0.166. The minimum absolute atomic E-state index is 0.0410. The van der Waals surface area contributed by atoms with Gasteiger partial charge in [-0.2, -0.15) is 0 Å². The van der Waals surface area contributed by atoms with Gasteiger partial charge in [0.1, 0.15) is 11.9 Å². The molecule has 1 heterocycles. The van der Waals surface area contributed by atoms with Crippen LogP contribution in [0.5, 0.6) is 5.75 Å². The summed E-state index contributed by atoms with van der Waals surface area (Å²) in [5, 5.41) is 8.23. The number of para-hydroxylation sites is 3. The van der Waals surface area contributed by atoms with Gasteiger partial charge in [0.25, 0.3) is 17.7 Å². The Hall–Kier alpha value is -3.37. The fraction of sp³-hybridized carbons (Fsp3) is 0.120. The first-order valence-corrected chi connectivity index (χ1v) is 12.3. The molecular formula is C25H19Cl3N4O4S. The van der Waals surface area contributed by atoms with E-state index in [4.69, 9.17) is 51.8 Å². The van der Waals surface area contributed by atoms with Crippen LogP contribution in [0.2, 0.25) is 0 Å². The molecule has 3 aromatic rings. The summed E-state index contributed by atoms with van der Waals surface area (Å²) in [5.41, 5.74) is 1.45. The summed E-state index contributed by atoms with van der Waals surface area (Å²) < 4.78 is 3.21. The maximum atomic E-state index is 13.0. The number of fused-ring (bicyclic) bond motifs is 1. The number of hydrogen-bond acceptors (Lipinski definition) is 5. The number of nitrogens with zero attached hydrogens (tertiary/aromatic N) is 1. The van der Waals surface area contributed by atoms with E-state index in [2.05, 4.69) is 16.0 Å². The molecule has 1 aliphatic heterocycles. The van der Waals surface area contributed by atoms with Crippen LogP contribution in [0, 0.1) is 0 Å². The number of halogens is 3. The molecule has 190 valence electrons. The first-order chi connectivity index (χ1) is 17.6. The number of benzene rings is 3. The highest BCUT2D eigenvalue weighted by Gasteiger charge is 2.38. The minimum atomic E-state index is -2.01. The molecule has 0 aliphatic carbocycles. The molecular weight excluding hydrogens is 559 g/mol. The molecule has 0 saturated carbocycles. The van der Waals surface area contributed by atoms with Crippen LogP contribution in [0.4, 0.5) is 11.4 Å². The highest BCUT2D eigenvalue weighted by atomic mass is 35.6. The van der Waals surface area contributed by atoms with Gasteiger partial charge in [-0.25, -0.2) is 4.90 Å². The van der Waals surface area contributed by atoms with Crippen molar-refractivity contribution in [1.29, 1.82) is 0 Å². The molecule has 0 spiro atoms. The van der Waals surface area contributed by atoms with Crippen LogP contribution >= 0.6 is 47.0 Å². The van der Waals surface area contributed by atoms with Crippen molar-refractivity contribution in [1.82, 2.24) is 10.6 Å². The summed E-state index contributed by atoms with van der Waals surface area (Å²) in [5.74, 6) is -1.16. The van der Waals surface area contributed by atoms with Crippen molar-refractivity contribution >= 4 is 81.2 Å². The predicted molar refractivity (Wildman–Crippen MR) is 148 cm³/mol. The van der Waals surface area contributed by atoms with Crippen LogP contribution in [-0.2, 0) is 0 Å². The number of anilines is 2. The van der Waals surface area contributed by atoms with E-state index < -0.39 is 27.7 Å². The monoisotopic (exact) mass is 576 g/mol. The van der Waals surface area contributed by atoms with Gasteiger partial charge in [-0.1, -0.05) is 71.2 Å². The lowest BCUT2D eigenvalue weighted by Crippen LogP contribution is -2.56.